The molecule has 2 nitrogen and oxygen atoms in total. The maximum absolute atomic E-state index is 12.5. The summed E-state index contributed by atoms with van der Waals surface area (Å²) < 4.78 is 41.6. The highest BCUT2D eigenvalue weighted by Crippen LogP contribution is 2.51. The molecule has 0 fully saturated rings. The van der Waals surface area contributed by atoms with Gasteiger partial charge in [0, 0.05) is 21.7 Å². The molecule has 26 heavy (non-hydrogen) atoms. The Balaban J connectivity index is 1.72. The molecule has 1 heterocycles. The fourth-order valence-electron chi connectivity index (χ4n) is 3.83. The fourth-order valence-corrected chi connectivity index (χ4v) is 4.36. The number of rotatable bonds is 2. The first-order chi connectivity index (χ1) is 12.3. The second-order valence-electron chi connectivity index (χ2n) is 6.44. The van der Waals surface area contributed by atoms with Crippen molar-refractivity contribution in [3.8, 4) is 5.75 Å². The van der Waals surface area contributed by atoms with Crippen molar-refractivity contribution in [2.75, 3.05) is 5.32 Å². The van der Waals surface area contributed by atoms with Crippen molar-refractivity contribution in [1.82, 2.24) is 0 Å². The van der Waals surface area contributed by atoms with E-state index in [-0.39, 0.29) is 23.6 Å². The molecule has 2 aliphatic rings. The molecule has 7 heteroatoms. The number of halogens is 5. The van der Waals surface area contributed by atoms with Gasteiger partial charge >= 0.3 is 6.36 Å². The SMILES string of the molecule is FC(F)(F)Oc1ccc2c(c1)[C@@H]1C=CC[C@H]1[C@H](c1ccc(Cl)cc1Cl)N2. The van der Waals surface area contributed by atoms with Gasteiger partial charge in [-0.05, 0) is 53.8 Å². The molecule has 0 radical (unpaired) electrons. The molecule has 0 bridgehead atoms. The highest BCUT2D eigenvalue weighted by atomic mass is 35.5. The number of nitrogens with one attached hydrogen (secondary N) is 1. The van der Waals surface area contributed by atoms with Crippen LogP contribution in [0.3, 0.4) is 0 Å². The largest absolute Gasteiger partial charge is 0.573 e. The van der Waals surface area contributed by atoms with Gasteiger partial charge in [0.25, 0.3) is 0 Å². The second-order valence-corrected chi connectivity index (χ2v) is 7.28. The van der Waals surface area contributed by atoms with Crippen molar-refractivity contribution < 1.29 is 17.9 Å². The van der Waals surface area contributed by atoms with E-state index in [1.54, 1.807) is 18.2 Å². The summed E-state index contributed by atoms with van der Waals surface area (Å²) >= 11 is 12.4. The summed E-state index contributed by atoms with van der Waals surface area (Å²) in [4.78, 5) is 0. The van der Waals surface area contributed by atoms with Crippen LogP contribution in [0, 0.1) is 5.92 Å². The molecule has 0 saturated carbocycles. The number of alkyl halides is 3. The van der Waals surface area contributed by atoms with Crippen molar-refractivity contribution >= 4 is 28.9 Å². The summed E-state index contributed by atoms with van der Waals surface area (Å²) in [7, 11) is 0. The van der Waals surface area contributed by atoms with E-state index in [0.29, 0.717) is 10.0 Å². The first-order valence-corrected chi connectivity index (χ1v) is 8.85. The van der Waals surface area contributed by atoms with E-state index in [1.165, 1.54) is 12.1 Å². The van der Waals surface area contributed by atoms with Crippen LogP contribution in [0.25, 0.3) is 0 Å². The molecule has 2 aromatic carbocycles. The van der Waals surface area contributed by atoms with Crippen LogP contribution in [0.2, 0.25) is 10.0 Å². The van der Waals surface area contributed by atoms with Crippen LogP contribution in [0.4, 0.5) is 18.9 Å². The van der Waals surface area contributed by atoms with E-state index in [4.69, 9.17) is 23.2 Å². The number of fused-ring (bicyclic) bond motifs is 3. The Morgan fingerprint density at radius 1 is 1.04 bits per heavy atom. The average molecular weight is 400 g/mol. The molecule has 1 aliphatic carbocycles. The van der Waals surface area contributed by atoms with Crippen LogP contribution in [0.5, 0.6) is 5.75 Å². The predicted molar refractivity (Wildman–Crippen MR) is 95.9 cm³/mol. The highest BCUT2D eigenvalue weighted by Gasteiger charge is 2.39. The smallest absolute Gasteiger partial charge is 0.406 e. The molecule has 3 atom stereocenters. The lowest BCUT2D eigenvalue weighted by atomic mass is 9.77. The van der Waals surface area contributed by atoms with Gasteiger partial charge in [-0.3, -0.25) is 0 Å². The van der Waals surface area contributed by atoms with E-state index < -0.39 is 6.36 Å². The molecule has 1 aliphatic heterocycles. The van der Waals surface area contributed by atoms with Crippen molar-refractivity contribution in [3.63, 3.8) is 0 Å². The monoisotopic (exact) mass is 399 g/mol. The van der Waals surface area contributed by atoms with Crippen LogP contribution in [0.1, 0.15) is 29.5 Å². The van der Waals surface area contributed by atoms with Crippen LogP contribution >= 0.6 is 23.2 Å². The van der Waals surface area contributed by atoms with Crippen LogP contribution in [-0.2, 0) is 0 Å². The minimum absolute atomic E-state index is 0.000205. The lowest BCUT2D eigenvalue weighted by Crippen LogP contribution is -2.29. The maximum Gasteiger partial charge on any atom is 0.573 e. The number of allylic oxidation sites excluding steroid dienone is 2. The lowest BCUT2D eigenvalue weighted by molar-refractivity contribution is -0.274. The van der Waals surface area contributed by atoms with E-state index in [0.717, 1.165) is 23.2 Å². The number of benzene rings is 2. The summed E-state index contributed by atoms with van der Waals surface area (Å²) in [5.41, 5.74) is 2.51. The van der Waals surface area contributed by atoms with Gasteiger partial charge in [-0.2, -0.15) is 0 Å². The Kier molecular flexibility index (Phi) is 4.32. The number of hydrogen-bond donors (Lipinski definition) is 1. The van der Waals surface area contributed by atoms with Gasteiger partial charge in [0.05, 0.1) is 6.04 Å². The van der Waals surface area contributed by atoms with Gasteiger partial charge in [0.1, 0.15) is 5.75 Å². The predicted octanol–water partition coefficient (Wildman–Crippen LogP) is 6.72. The Hall–Kier alpha value is -1.85. The second kappa shape index (κ2) is 6.39. The fraction of sp³-hybridized carbons (Fsp3) is 0.263. The number of anilines is 1. The van der Waals surface area contributed by atoms with E-state index in [1.807, 2.05) is 12.1 Å². The van der Waals surface area contributed by atoms with Crippen molar-refractivity contribution in [2.45, 2.75) is 24.7 Å². The van der Waals surface area contributed by atoms with Crippen LogP contribution < -0.4 is 10.1 Å². The van der Waals surface area contributed by atoms with E-state index >= 15 is 0 Å². The first-order valence-electron chi connectivity index (χ1n) is 8.10. The zero-order chi connectivity index (χ0) is 18.5. The lowest BCUT2D eigenvalue weighted by Gasteiger charge is -2.38. The van der Waals surface area contributed by atoms with Gasteiger partial charge in [-0.25, -0.2) is 0 Å². The molecule has 4 rings (SSSR count). The Bertz CT molecular complexity index is 882. The zero-order valence-corrected chi connectivity index (χ0v) is 14.9. The molecule has 0 spiro atoms. The van der Waals surface area contributed by atoms with Gasteiger partial charge in [-0.1, -0.05) is 41.4 Å². The quantitative estimate of drug-likeness (QED) is 0.565. The molecular weight excluding hydrogens is 386 g/mol. The molecular formula is C19H14Cl2F3NO. The van der Waals surface area contributed by atoms with E-state index in [9.17, 15) is 13.2 Å². The van der Waals surface area contributed by atoms with Crippen molar-refractivity contribution in [3.05, 3.63) is 69.7 Å². The minimum Gasteiger partial charge on any atom is -0.406 e. The normalized spacial score (nSPS) is 24.0. The average Bonchev–Trinajstić information content (AvgIpc) is 3.03. The molecule has 2 aromatic rings. The summed E-state index contributed by atoms with van der Waals surface area (Å²) in [6, 6.07) is 9.73. The Morgan fingerprint density at radius 2 is 1.85 bits per heavy atom. The van der Waals surface area contributed by atoms with Crippen molar-refractivity contribution in [2.24, 2.45) is 5.92 Å². The van der Waals surface area contributed by atoms with Crippen LogP contribution in [-0.4, -0.2) is 6.36 Å². The summed E-state index contributed by atoms with van der Waals surface area (Å²) in [5.74, 6) is -0.0536. The topological polar surface area (TPSA) is 21.3 Å². The summed E-state index contributed by atoms with van der Waals surface area (Å²) in [5, 5.41) is 4.56. The molecule has 0 saturated heterocycles. The summed E-state index contributed by atoms with van der Waals surface area (Å²) in [6.45, 7) is 0. The third-order valence-electron chi connectivity index (χ3n) is 4.87. The number of ether oxygens (including phenoxy) is 1. The van der Waals surface area contributed by atoms with Gasteiger partial charge in [0.15, 0.2) is 0 Å². The summed E-state index contributed by atoms with van der Waals surface area (Å²) in [6.07, 6.45) is 0.199. The Morgan fingerprint density at radius 3 is 2.58 bits per heavy atom. The molecule has 136 valence electrons. The standard InChI is InChI=1S/C19H14Cl2F3NO/c20-10-4-6-14(16(21)8-10)18-13-3-1-2-12(13)15-9-11(26-19(22,23)24)5-7-17(15)25-18/h1-2,4-9,12-13,18,25H,3H2/t12-,13-,18-/m1/s1. The third-order valence-corrected chi connectivity index (χ3v) is 5.43. The van der Waals surface area contributed by atoms with Crippen molar-refractivity contribution in [1.29, 1.82) is 0 Å². The van der Waals surface area contributed by atoms with Gasteiger partial charge in [-0.15, -0.1) is 13.2 Å². The number of hydrogen-bond acceptors (Lipinski definition) is 2. The van der Waals surface area contributed by atoms with Crippen LogP contribution in [0.15, 0.2) is 48.6 Å². The molecule has 1 N–H and O–H groups in total. The van der Waals surface area contributed by atoms with E-state index in [2.05, 4.69) is 16.1 Å². The first kappa shape index (κ1) is 17.6. The highest BCUT2D eigenvalue weighted by molar-refractivity contribution is 6.35. The zero-order valence-electron chi connectivity index (χ0n) is 13.4. The third kappa shape index (κ3) is 3.26. The molecule has 0 aromatic heterocycles. The molecule has 0 unspecified atom stereocenters. The van der Waals surface area contributed by atoms with Gasteiger partial charge in [0.2, 0.25) is 0 Å². The minimum atomic E-state index is -4.71. The van der Waals surface area contributed by atoms with Gasteiger partial charge < -0.3 is 10.1 Å². The molecule has 0 amide bonds. The Labute approximate surface area is 158 Å². The maximum atomic E-state index is 12.5.